The highest BCUT2D eigenvalue weighted by Gasteiger charge is 2.42. The van der Waals surface area contributed by atoms with Crippen molar-refractivity contribution in [2.45, 2.75) is 59.3 Å². The zero-order chi connectivity index (χ0) is 14.6. The molecule has 108 valence electrons. The summed E-state index contributed by atoms with van der Waals surface area (Å²) in [6.45, 7) is 6.03. The van der Waals surface area contributed by atoms with Crippen molar-refractivity contribution in [3.8, 4) is 0 Å². The monoisotopic (exact) mass is 268 g/mol. The minimum absolute atomic E-state index is 0.251. The molecule has 4 nitrogen and oxygen atoms in total. The fourth-order valence-corrected chi connectivity index (χ4v) is 3.73. The SMILES string of the molecule is CCC(=C(C(=O)O)C(=O)O)C1(CC)CCCCC1C. The maximum atomic E-state index is 11.3. The van der Waals surface area contributed by atoms with E-state index in [4.69, 9.17) is 0 Å². The first-order chi connectivity index (χ1) is 8.90. The van der Waals surface area contributed by atoms with Gasteiger partial charge >= 0.3 is 11.9 Å². The summed E-state index contributed by atoms with van der Waals surface area (Å²) in [5.74, 6) is -2.28. The summed E-state index contributed by atoms with van der Waals surface area (Å²) in [6, 6.07) is 0. The van der Waals surface area contributed by atoms with Crippen molar-refractivity contribution in [1.29, 1.82) is 0 Å². The Labute approximate surface area is 114 Å². The van der Waals surface area contributed by atoms with Gasteiger partial charge in [0.05, 0.1) is 0 Å². The smallest absolute Gasteiger partial charge is 0.343 e. The maximum Gasteiger partial charge on any atom is 0.343 e. The van der Waals surface area contributed by atoms with Crippen LogP contribution in [0.4, 0.5) is 0 Å². The molecule has 19 heavy (non-hydrogen) atoms. The van der Waals surface area contributed by atoms with E-state index in [1.54, 1.807) is 0 Å². The number of carboxylic acids is 2. The normalized spacial score (nSPS) is 26.8. The summed E-state index contributed by atoms with van der Waals surface area (Å²) in [6.07, 6.45) is 5.44. The Morgan fingerprint density at radius 1 is 1.16 bits per heavy atom. The van der Waals surface area contributed by atoms with Gasteiger partial charge in [-0.25, -0.2) is 9.59 Å². The molecular formula is C15H24O4. The van der Waals surface area contributed by atoms with E-state index >= 15 is 0 Å². The van der Waals surface area contributed by atoms with Crippen LogP contribution in [0.15, 0.2) is 11.1 Å². The first-order valence-electron chi connectivity index (χ1n) is 7.10. The number of carboxylic acid groups (broad SMARTS) is 2. The Bertz CT molecular complexity index is 381. The molecule has 4 heteroatoms. The highest BCUT2D eigenvalue weighted by Crippen LogP contribution is 2.51. The van der Waals surface area contributed by atoms with Crippen LogP contribution in [0.5, 0.6) is 0 Å². The largest absolute Gasteiger partial charge is 0.477 e. The summed E-state index contributed by atoms with van der Waals surface area (Å²) in [7, 11) is 0. The molecule has 0 aromatic rings. The Morgan fingerprint density at radius 3 is 2.11 bits per heavy atom. The molecule has 0 spiro atoms. The molecule has 0 heterocycles. The minimum atomic E-state index is -1.31. The first-order valence-corrected chi connectivity index (χ1v) is 7.10. The molecule has 1 aliphatic rings. The van der Waals surface area contributed by atoms with E-state index in [0.29, 0.717) is 17.9 Å². The summed E-state index contributed by atoms with van der Waals surface area (Å²) >= 11 is 0. The lowest BCUT2D eigenvalue weighted by Crippen LogP contribution is -2.36. The predicted octanol–water partition coefficient (Wildman–Crippen LogP) is 3.47. The van der Waals surface area contributed by atoms with Crippen LogP contribution in [0.3, 0.4) is 0 Å². The van der Waals surface area contributed by atoms with Crippen LogP contribution < -0.4 is 0 Å². The molecule has 2 N–H and O–H groups in total. The van der Waals surface area contributed by atoms with Crippen LogP contribution in [0.2, 0.25) is 0 Å². The van der Waals surface area contributed by atoms with Crippen LogP contribution in [0.1, 0.15) is 59.3 Å². The van der Waals surface area contributed by atoms with E-state index in [1.165, 1.54) is 0 Å². The molecule has 0 aliphatic heterocycles. The van der Waals surface area contributed by atoms with E-state index in [1.807, 2.05) is 13.8 Å². The van der Waals surface area contributed by atoms with Crippen molar-refractivity contribution in [3.63, 3.8) is 0 Å². The lowest BCUT2D eigenvalue weighted by molar-refractivity contribution is -0.140. The van der Waals surface area contributed by atoms with Crippen molar-refractivity contribution in [2.75, 3.05) is 0 Å². The van der Waals surface area contributed by atoms with Gasteiger partial charge in [-0.3, -0.25) is 0 Å². The van der Waals surface area contributed by atoms with E-state index in [2.05, 4.69) is 6.92 Å². The predicted molar refractivity (Wildman–Crippen MR) is 72.9 cm³/mol. The summed E-state index contributed by atoms with van der Waals surface area (Å²) in [5, 5.41) is 18.5. The van der Waals surface area contributed by atoms with Gasteiger partial charge < -0.3 is 10.2 Å². The topological polar surface area (TPSA) is 74.6 Å². The molecule has 2 unspecified atom stereocenters. The average molecular weight is 268 g/mol. The second kappa shape index (κ2) is 6.22. The van der Waals surface area contributed by atoms with E-state index in [0.717, 1.165) is 32.1 Å². The number of hydrogen-bond donors (Lipinski definition) is 2. The van der Waals surface area contributed by atoms with Crippen LogP contribution in [-0.4, -0.2) is 22.2 Å². The van der Waals surface area contributed by atoms with Gasteiger partial charge in [-0.05, 0) is 42.6 Å². The van der Waals surface area contributed by atoms with Gasteiger partial charge in [-0.15, -0.1) is 0 Å². The lowest BCUT2D eigenvalue weighted by atomic mass is 9.60. The Balaban J connectivity index is 3.43. The fraction of sp³-hybridized carbons (Fsp3) is 0.733. The number of rotatable bonds is 5. The molecule has 1 saturated carbocycles. The van der Waals surface area contributed by atoms with Gasteiger partial charge in [0.25, 0.3) is 0 Å². The fourth-order valence-electron chi connectivity index (χ4n) is 3.73. The number of aliphatic carboxylic acids is 2. The third kappa shape index (κ3) is 2.82. The Hall–Kier alpha value is -1.32. The molecule has 0 saturated heterocycles. The zero-order valence-electron chi connectivity index (χ0n) is 12.0. The molecule has 0 amide bonds. The summed E-state index contributed by atoms with van der Waals surface area (Å²) in [5.41, 5.74) is -0.0284. The molecule has 0 aromatic heterocycles. The van der Waals surface area contributed by atoms with Gasteiger partial charge in [-0.2, -0.15) is 0 Å². The highest BCUT2D eigenvalue weighted by molar-refractivity contribution is 6.13. The van der Waals surface area contributed by atoms with Crippen LogP contribution in [-0.2, 0) is 9.59 Å². The third-order valence-corrected chi connectivity index (χ3v) is 4.77. The molecule has 0 bridgehead atoms. The summed E-state index contributed by atoms with van der Waals surface area (Å²) in [4.78, 5) is 22.6. The molecule has 0 aromatic carbocycles. The van der Waals surface area contributed by atoms with E-state index in [9.17, 15) is 19.8 Å². The molecule has 2 atom stereocenters. The standard InChI is InChI=1S/C15H24O4/c1-4-11(12(13(16)17)14(18)19)15(5-2)9-7-6-8-10(15)3/h10H,4-9H2,1-3H3,(H,16,17)(H,18,19). The molecular weight excluding hydrogens is 244 g/mol. The zero-order valence-corrected chi connectivity index (χ0v) is 12.0. The van der Waals surface area contributed by atoms with Crippen molar-refractivity contribution in [3.05, 3.63) is 11.1 Å². The Morgan fingerprint density at radius 2 is 1.74 bits per heavy atom. The summed E-state index contributed by atoms with van der Waals surface area (Å²) < 4.78 is 0. The number of carbonyl (C=O) groups is 2. The van der Waals surface area contributed by atoms with Crippen molar-refractivity contribution in [1.82, 2.24) is 0 Å². The minimum Gasteiger partial charge on any atom is -0.477 e. The quantitative estimate of drug-likeness (QED) is 0.455. The van der Waals surface area contributed by atoms with Crippen LogP contribution >= 0.6 is 0 Å². The molecule has 1 aliphatic carbocycles. The molecule has 1 rings (SSSR count). The third-order valence-electron chi connectivity index (χ3n) is 4.77. The van der Waals surface area contributed by atoms with Gasteiger partial charge in [0.1, 0.15) is 5.57 Å². The second-order valence-electron chi connectivity index (χ2n) is 5.47. The first kappa shape index (κ1) is 15.7. The van der Waals surface area contributed by atoms with E-state index in [-0.39, 0.29) is 5.41 Å². The van der Waals surface area contributed by atoms with Crippen molar-refractivity contribution < 1.29 is 19.8 Å². The number of allylic oxidation sites excluding steroid dienone is 1. The maximum absolute atomic E-state index is 11.3. The van der Waals surface area contributed by atoms with Gasteiger partial charge in [0.15, 0.2) is 0 Å². The lowest BCUT2D eigenvalue weighted by Gasteiger charge is -2.44. The second-order valence-corrected chi connectivity index (χ2v) is 5.47. The van der Waals surface area contributed by atoms with Gasteiger partial charge in [0.2, 0.25) is 0 Å². The highest BCUT2D eigenvalue weighted by atomic mass is 16.4. The van der Waals surface area contributed by atoms with E-state index < -0.39 is 17.5 Å². The number of hydrogen-bond acceptors (Lipinski definition) is 2. The molecule has 1 fully saturated rings. The van der Waals surface area contributed by atoms with Crippen LogP contribution in [0.25, 0.3) is 0 Å². The van der Waals surface area contributed by atoms with Gasteiger partial charge in [0, 0.05) is 0 Å². The van der Waals surface area contributed by atoms with Gasteiger partial charge in [-0.1, -0.05) is 33.6 Å². The molecule has 0 radical (unpaired) electrons. The van der Waals surface area contributed by atoms with Crippen molar-refractivity contribution in [2.24, 2.45) is 11.3 Å². The van der Waals surface area contributed by atoms with Crippen molar-refractivity contribution >= 4 is 11.9 Å². The van der Waals surface area contributed by atoms with Crippen LogP contribution in [0, 0.1) is 11.3 Å². The average Bonchev–Trinajstić information content (AvgIpc) is 2.36. The Kier molecular flexibility index (Phi) is 5.15.